The highest BCUT2D eigenvalue weighted by atomic mass is 19.4. The number of alkyl halides is 3. The Balaban J connectivity index is 1.42. The summed E-state index contributed by atoms with van der Waals surface area (Å²) in [5.74, 6) is -0.525. The van der Waals surface area contributed by atoms with Gasteiger partial charge in [-0.25, -0.2) is 4.68 Å². The van der Waals surface area contributed by atoms with Crippen LogP contribution in [0.2, 0.25) is 0 Å². The molecule has 1 aliphatic rings. The normalized spacial score (nSPS) is 14.6. The zero-order valence-corrected chi connectivity index (χ0v) is 22.1. The van der Waals surface area contributed by atoms with Crippen molar-refractivity contribution in [1.29, 1.82) is 0 Å². The molecule has 204 valence electrons. The molecule has 0 saturated carbocycles. The number of benzene rings is 2. The minimum absolute atomic E-state index is 0.0842. The molecule has 1 amide bonds. The van der Waals surface area contributed by atoms with E-state index in [0.717, 1.165) is 42.0 Å². The molecular formula is C27H29F3N8O. The van der Waals surface area contributed by atoms with Gasteiger partial charge in [-0.2, -0.15) is 18.3 Å². The van der Waals surface area contributed by atoms with E-state index in [1.807, 2.05) is 32.8 Å². The molecule has 3 heterocycles. The van der Waals surface area contributed by atoms with Crippen LogP contribution >= 0.6 is 0 Å². The summed E-state index contributed by atoms with van der Waals surface area (Å²) in [7, 11) is 3.82. The zero-order chi connectivity index (χ0) is 27.9. The number of anilines is 2. The Hall–Kier alpha value is -4.19. The van der Waals surface area contributed by atoms with Crippen LogP contribution in [0.15, 0.2) is 48.8 Å². The maximum Gasteiger partial charge on any atom is 0.416 e. The molecule has 0 unspecified atom stereocenters. The molecule has 9 nitrogen and oxygen atoms in total. The minimum Gasteiger partial charge on any atom is -0.369 e. The van der Waals surface area contributed by atoms with Crippen molar-refractivity contribution in [3.63, 3.8) is 0 Å². The smallest absolute Gasteiger partial charge is 0.369 e. The standard InChI is InChI=1S/C27H29F3N8O/c1-17-5-6-19(11-25(17)38-16-24(33-34-38)23-15-31-36(4)18(23)2)26(39)32-21-12-20(27(28,29)30)13-22(14-21)37-9-7-35(3)8-10-37/h5-6,11-16H,7-10H2,1-4H3,(H,32,39). The summed E-state index contributed by atoms with van der Waals surface area (Å²) in [6.45, 7) is 6.50. The van der Waals surface area contributed by atoms with Gasteiger partial charge in [0.2, 0.25) is 0 Å². The van der Waals surface area contributed by atoms with Crippen LogP contribution < -0.4 is 10.2 Å². The topological polar surface area (TPSA) is 84.1 Å². The molecule has 12 heteroatoms. The number of aryl methyl sites for hydroxylation is 2. The predicted molar refractivity (Wildman–Crippen MR) is 142 cm³/mol. The second-order valence-electron chi connectivity index (χ2n) is 9.83. The average molecular weight is 539 g/mol. The van der Waals surface area contributed by atoms with E-state index in [-0.39, 0.29) is 11.3 Å². The Morgan fingerprint density at radius 2 is 1.74 bits per heavy atom. The monoisotopic (exact) mass is 538 g/mol. The molecule has 4 aromatic rings. The number of piperazine rings is 1. The van der Waals surface area contributed by atoms with Gasteiger partial charge in [0.05, 0.1) is 23.6 Å². The van der Waals surface area contributed by atoms with Crippen molar-refractivity contribution in [3.8, 4) is 16.9 Å². The summed E-state index contributed by atoms with van der Waals surface area (Å²) in [4.78, 5) is 17.2. The Morgan fingerprint density at radius 1 is 1.00 bits per heavy atom. The first kappa shape index (κ1) is 26.4. The molecule has 0 radical (unpaired) electrons. The van der Waals surface area contributed by atoms with Gasteiger partial charge >= 0.3 is 6.18 Å². The summed E-state index contributed by atoms with van der Waals surface area (Å²) >= 11 is 0. The third-order valence-corrected chi connectivity index (χ3v) is 7.09. The fraction of sp³-hybridized carbons (Fsp3) is 0.333. The van der Waals surface area contributed by atoms with Gasteiger partial charge in [-0.05, 0) is 56.8 Å². The molecule has 39 heavy (non-hydrogen) atoms. The van der Waals surface area contributed by atoms with E-state index in [1.165, 1.54) is 0 Å². The molecule has 0 atom stereocenters. The fourth-order valence-electron chi connectivity index (χ4n) is 4.55. The fourth-order valence-corrected chi connectivity index (χ4v) is 4.55. The van der Waals surface area contributed by atoms with Gasteiger partial charge in [0.25, 0.3) is 5.91 Å². The SMILES string of the molecule is Cc1ccc(C(=O)Nc2cc(N3CCN(C)CC3)cc(C(F)(F)F)c2)cc1-n1cc(-c2cnn(C)c2C)nn1. The highest BCUT2D eigenvalue weighted by Gasteiger charge is 2.32. The molecule has 5 rings (SSSR count). The van der Waals surface area contributed by atoms with Gasteiger partial charge < -0.3 is 15.1 Å². The molecular weight excluding hydrogens is 509 g/mol. The first-order chi connectivity index (χ1) is 18.5. The minimum atomic E-state index is -4.55. The van der Waals surface area contributed by atoms with Gasteiger partial charge in [0.1, 0.15) is 5.69 Å². The average Bonchev–Trinajstić information content (AvgIpc) is 3.50. The molecule has 1 fully saturated rings. The van der Waals surface area contributed by atoms with E-state index in [2.05, 4.69) is 25.6 Å². The molecule has 1 saturated heterocycles. The van der Waals surface area contributed by atoms with E-state index in [4.69, 9.17) is 0 Å². The number of amides is 1. The number of likely N-dealkylation sites (N-methyl/N-ethyl adjacent to an activating group) is 1. The van der Waals surface area contributed by atoms with E-state index < -0.39 is 17.6 Å². The Morgan fingerprint density at radius 3 is 2.41 bits per heavy atom. The number of nitrogens with one attached hydrogen (secondary N) is 1. The first-order valence-corrected chi connectivity index (χ1v) is 12.5. The van der Waals surface area contributed by atoms with Crippen molar-refractivity contribution in [1.82, 2.24) is 29.7 Å². The Kier molecular flexibility index (Phi) is 6.89. The van der Waals surface area contributed by atoms with Crippen LogP contribution in [0.5, 0.6) is 0 Å². The van der Waals surface area contributed by atoms with Crippen LogP contribution in [0.1, 0.15) is 27.2 Å². The lowest BCUT2D eigenvalue weighted by Gasteiger charge is -2.34. The van der Waals surface area contributed by atoms with Crippen molar-refractivity contribution in [2.75, 3.05) is 43.4 Å². The van der Waals surface area contributed by atoms with Crippen LogP contribution in [0.4, 0.5) is 24.5 Å². The molecule has 1 aliphatic heterocycles. The van der Waals surface area contributed by atoms with Gasteiger partial charge in [-0.1, -0.05) is 11.3 Å². The highest BCUT2D eigenvalue weighted by Crippen LogP contribution is 2.35. The van der Waals surface area contributed by atoms with Gasteiger partial charge in [-0.3, -0.25) is 9.48 Å². The molecule has 0 aliphatic carbocycles. The summed E-state index contributed by atoms with van der Waals surface area (Å²) in [5.41, 5.74) is 3.88. The second-order valence-corrected chi connectivity index (χ2v) is 9.83. The number of hydrogen-bond donors (Lipinski definition) is 1. The van der Waals surface area contributed by atoms with Gasteiger partial charge in [-0.15, -0.1) is 5.10 Å². The molecule has 1 N–H and O–H groups in total. The van der Waals surface area contributed by atoms with E-state index in [0.29, 0.717) is 30.2 Å². The highest BCUT2D eigenvalue weighted by molar-refractivity contribution is 6.05. The quantitative estimate of drug-likeness (QED) is 0.408. The lowest BCUT2D eigenvalue weighted by molar-refractivity contribution is -0.137. The summed E-state index contributed by atoms with van der Waals surface area (Å²) in [6.07, 6.45) is -1.08. The number of hydrogen-bond acceptors (Lipinski definition) is 6. The van der Waals surface area contributed by atoms with Crippen molar-refractivity contribution in [2.24, 2.45) is 7.05 Å². The number of halogens is 3. The van der Waals surface area contributed by atoms with Gasteiger partial charge in [0, 0.05) is 61.4 Å². The molecule has 0 spiro atoms. The van der Waals surface area contributed by atoms with Gasteiger partial charge in [0.15, 0.2) is 0 Å². The zero-order valence-electron chi connectivity index (χ0n) is 22.1. The molecule has 0 bridgehead atoms. The van der Waals surface area contributed by atoms with E-state index >= 15 is 0 Å². The predicted octanol–water partition coefficient (Wildman–Crippen LogP) is 4.31. The lowest BCUT2D eigenvalue weighted by Crippen LogP contribution is -2.44. The Bertz CT molecular complexity index is 1520. The number of rotatable bonds is 5. The van der Waals surface area contributed by atoms with Crippen LogP contribution in [0.3, 0.4) is 0 Å². The van der Waals surface area contributed by atoms with E-state index in [1.54, 1.807) is 46.0 Å². The Labute approximate surface area is 223 Å². The summed E-state index contributed by atoms with van der Waals surface area (Å²) < 4.78 is 44.5. The number of nitrogens with zero attached hydrogens (tertiary/aromatic N) is 7. The number of aromatic nitrogens is 5. The van der Waals surface area contributed by atoms with Crippen LogP contribution in [0.25, 0.3) is 16.9 Å². The van der Waals surface area contributed by atoms with E-state index in [9.17, 15) is 18.0 Å². The van der Waals surface area contributed by atoms with Crippen LogP contribution in [0, 0.1) is 13.8 Å². The number of carbonyl (C=O) groups excluding carboxylic acids is 1. The van der Waals surface area contributed by atoms with Crippen molar-refractivity contribution >= 4 is 17.3 Å². The van der Waals surface area contributed by atoms with Crippen molar-refractivity contribution < 1.29 is 18.0 Å². The summed E-state index contributed by atoms with van der Waals surface area (Å²) in [5, 5.41) is 15.4. The molecule has 2 aromatic heterocycles. The largest absolute Gasteiger partial charge is 0.416 e. The third kappa shape index (κ3) is 5.51. The maximum absolute atomic E-state index is 13.7. The molecule has 2 aromatic carbocycles. The van der Waals surface area contributed by atoms with Crippen LogP contribution in [-0.4, -0.2) is 68.8 Å². The van der Waals surface area contributed by atoms with Crippen LogP contribution in [-0.2, 0) is 13.2 Å². The van der Waals surface area contributed by atoms with Crippen molar-refractivity contribution in [2.45, 2.75) is 20.0 Å². The maximum atomic E-state index is 13.7. The van der Waals surface area contributed by atoms with Crippen molar-refractivity contribution in [3.05, 3.63) is 71.2 Å². The number of carbonyl (C=O) groups is 1. The third-order valence-electron chi connectivity index (χ3n) is 7.09. The summed E-state index contributed by atoms with van der Waals surface area (Å²) in [6, 6.07) is 8.74. The lowest BCUT2D eigenvalue weighted by atomic mass is 10.1. The first-order valence-electron chi connectivity index (χ1n) is 12.5. The second kappa shape index (κ2) is 10.2.